The van der Waals surface area contributed by atoms with E-state index in [1.54, 1.807) is 0 Å². The summed E-state index contributed by atoms with van der Waals surface area (Å²) in [5.41, 5.74) is 4.81. The molecule has 0 amide bonds. The van der Waals surface area contributed by atoms with E-state index < -0.39 is 0 Å². The predicted octanol–water partition coefficient (Wildman–Crippen LogP) is 4.76. The standard InChI is InChI=1S/C17H20ClNO/c1-12-5-4-6-16(14(12)3)19-9-10-20-17-8-7-15(18)11-13(17)2/h4-8,11,19H,9-10H2,1-3H3. The maximum absolute atomic E-state index is 5.92. The van der Waals surface area contributed by atoms with Gasteiger partial charge in [0.05, 0.1) is 0 Å². The van der Waals surface area contributed by atoms with Crippen molar-refractivity contribution in [1.29, 1.82) is 0 Å². The van der Waals surface area contributed by atoms with Gasteiger partial charge in [-0.25, -0.2) is 0 Å². The smallest absolute Gasteiger partial charge is 0.122 e. The molecule has 0 spiro atoms. The maximum atomic E-state index is 5.92. The Hall–Kier alpha value is -1.67. The minimum atomic E-state index is 0.621. The Balaban J connectivity index is 1.86. The molecule has 0 aliphatic carbocycles. The summed E-state index contributed by atoms with van der Waals surface area (Å²) in [5, 5.41) is 4.14. The van der Waals surface area contributed by atoms with Crippen LogP contribution in [0, 0.1) is 20.8 Å². The SMILES string of the molecule is Cc1cc(Cl)ccc1OCCNc1cccc(C)c1C. The Morgan fingerprint density at radius 1 is 1.05 bits per heavy atom. The van der Waals surface area contributed by atoms with Crippen LogP contribution in [-0.2, 0) is 0 Å². The third-order valence-electron chi connectivity index (χ3n) is 3.42. The van der Waals surface area contributed by atoms with E-state index in [4.69, 9.17) is 16.3 Å². The number of benzene rings is 2. The van der Waals surface area contributed by atoms with Gasteiger partial charge in [0.2, 0.25) is 0 Å². The Morgan fingerprint density at radius 3 is 2.60 bits per heavy atom. The average Bonchev–Trinajstić information content (AvgIpc) is 2.41. The lowest BCUT2D eigenvalue weighted by Crippen LogP contribution is -2.12. The van der Waals surface area contributed by atoms with Crippen molar-refractivity contribution in [2.24, 2.45) is 0 Å². The molecule has 0 atom stereocenters. The van der Waals surface area contributed by atoms with Crippen LogP contribution in [0.3, 0.4) is 0 Å². The van der Waals surface area contributed by atoms with E-state index in [9.17, 15) is 0 Å². The Labute approximate surface area is 125 Å². The number of aryl methyl sites for hydroxylation is 2. The van der Waals surface area contributed by atoms with Crippen LogP contribution in [0.1, 0.15) is 16.7 Å². The monoisotopic (exact) mass is 289 g/mol. The molecule has 3 heteroatoms. The van der Waals surface area contributed by atoms with Gasteiger partial charge in [0.15, 0.2) is 0 Å². The van der Waals surface area contributed by atoms with E-state index in [0.717, 1.165) is 22.9 Å². The predicted molar refractivity (Wildman–Crippen MR) is 86.1 cm³/mol. The molecule has 0 bridgehead atoms. The summed E-state index contributed by atoms with van der Waals surface area (Å²) in [6, 6.07) is 11.9. The van der Waals surface area contributed by atoms with Gasteiger partial charge in [0.1, 0.15) is 12.4 Å². The highest BCUT2D eigenvalue weighted by Gasteiger charge is 2.02. The van der Waals surface area contributed by atoms with Crippen molar-refractivity contribution < 1.29 is 4.74 Å². The van der Waals surface area contributed by atoms with Gasteiger partial charge in [-0.2, -0.15) is 0 Å². The van der Waals surface area contributed by atoms with E-state index in [0.29, 0.717) is 6.61 Å². The third-order valence-corrected chi connectivity index (χ3v) is 3.65. The Morgan fingerprint density at radius 2 is 1.85 bits per heavy atom. The maximum Gasteiger partial charge on any atom is 0.122 e. The summed E-state index contributed by atoms with van der Waals surface area (Å²) in [4.78, 5) is 0. The van der Waals surface area contributed by atoms with Crippen LogP contribution in [0.5, 0.6) is 5.75 Å². The molecule has 2 rings (SSSR count). The molecule has 0 saturated heterocycles. The van der Waals surface area contributed by atoms with Crippen molar-refractivity contribution in [1.82, 2.24) is 0 Å². The average molecular weight is 290 g/mol. The second-order valence-corrected chi connectivity index (χ2v) is 5.37. The molecule has 2 aromatic carbocycles. The van der Waals surface area contributed by atoms with Gasteiger partial charge in [0, 0.05) is 17.3 Å². The van der Waals surface area contributed by atoms with Crippen molar-refractivity contribution >= 4 is 17.3 Å². The second kappa shape index (κ2) is 6.67. The zero-order valence-corrected chi connectivity index (χ0v) is 12.9. The van der Waals surface area contributed by atoms with Crippen LogP contribution in [0.15, 0.2) is 36.4 Å². The molecule has 0 aromatic heterocycles. The van der Waals surface area contributed by atoms with Crippen LogP contribution >= 0.6 is 11.6 Å². The summed E-state index contributed by atoms with van der Waals surface area (Å²) in [5.74, 6) is 0.886. The fourth-order valence-corrected chi connectivity index (χ4v) is 2.29. The van der Waals surface area contributed by atoms with Gasteiger partial charge < -0.3 is 10.1 Å². The lowest BCUT2D eigenvalue weighted by Gasteiger charge is -2.13. The van der Waals surface area contributed by atoms with E-state index in [-0.39, 0.29) is 0 Å². The van der Waals surface area contributed by atoms with E-state index >= 15 is 0 Å². The lowest BCUT2D eigenvalue weighted by atomic mass is 10.1. The van der Waals surface area contributed by atoms with Crippen molar-refractivity contribution in [2.75, 3.05) is 18.5 Å². The zero-order chi connectivity index (χ0) is 14.5. The molecular weight excluding hydrogens is 270 g/mol. The lowest BCUT2D eigenvalue weighted by molar-refractivity contribution is 0.330. The molecule has 2 aromatic rings. The Bertz CT molecular complexity index is 596. The van der Waals surface area contributed by atoms with Crippen molar-refractivity contribution in [3.05, 3.63) is 58.1 Å². The molecule has 0 fully saturated rings. The number of hydrogen-bond acceptors (Lipinski definition) is 2. The molecule has 106 valence electrons. The van der Waals surface area contributed by atoms with Crippen molar-refractivity contribution in [2.45, 2.75) is 20.8 Å². The van der Waals surface area contributed by atoms with Gasteiger partial charge >= 0.3 is 0 Å². The van der Waals surface area contributed by atoms with E-state index in [2.05, 4.69) is 37.4 Å². The van der Waals surface area contributed by atoms with Gasteiger partial charge in [0.25, 0.3) is 0 Å². The molecule has 0 aliphatic heterocycles. The number of rotatable bonds is 5. The second-order valence-electron chi connectivity index (χ2n) is 4.93. The van der Waals surface area contributed by atoms with Gasteiger partial charge in [-0.15, -0.1) is 0 Å². The first-order chi connectivity index (χ1) is 9.58. The molecule has 0 aliphatic rings. The summed E-state index contributed by atoms with van der Waals surface area (Å²) in [7, 11) is 0. The summed E-state index contributed by atoms with van der Waals surface area (Å²) in [6.07, 6.45) is 0. The van der Waals surface area contributed by atoms with Gasteiger partial charge in [-0.05, 0) is 61.7 Å². The van der Waals surface area contributed by atoms with E-state index in [1.165, 1.54) is 16.8 Å². The van der Waals surface area contributed by atoms with Gasteiger partial charge in [-0.3, -0.25) is 0 Å². The molecule has 1 N–H and O–H groups in total. The van der Waals surface area contributed by atoms with Crippen molar-refractivity contribution in [3.63, 3.8) is 0 Å². The molecule has 0 radical (unpaired) electrons. The summed E-state index contributed by atoms with van der Waals surface area (Å²) >= 11 is 5.92. The molecular formula is C17H20ClNO. The minimum Gasteiger partial charge on any atom is -0.491 e. The number of hydrogen-bond donors (Lipinski definition) is 1. The van der Waals surface area contributed by atoms with Crippen LogP contribution in [0.25, 0.3) is 0 Å². The first-order valence-electron chi connectivity index (χ1n) is 6.77. The number of anilines is 1. The van der Waals surface area contributed by atoms with Crippen molar-refractivity contribution in [3.8, 4) is 5.75 Å². The normalized spacial score (nSPS) is 10.4. The highest BCUT2D eigenvalue weighted by Crippen LogP contribution is 2.22. The highest BCUT2D eigenvalue weighted by molar-refractivity contribution is 6.30. The highest BCUT2D eigenvalue weighted by atomic mass is 35.5. The molecule has 0 heterocycles. The van der Waals surface area contributed by atoms with Crippen LogP contribution in [-0.4, -0.2) is 13.2 Å². The van der Waals surface area contributed by atoms with E-state index in [1.807, 2.05) is 25.1 Å². The van der Waals surface area contributed by atoms with Crippen LogP contribution in [0.2, 0.25) is 5.02 Å². The number of ether oxygens (including phenoxy) is 1. The summed E-state index contributed by atoms with van der Waals surface area (Å²) < 4.78 is 5.76. The van der Waals surface area contributed by atoms with Gasteiger partial charge in [-0.1, -0.05) is 23.7 Å². The zero-order valence-electron chi connectivity index (χ0n) is 12.2. The topological polar surface area (TPSA) is 21.3 Å². The molecule has 0 saturated carbocycles. The molecule has 20 heavy (non-hydrogen) atoms. The number of halogens is 1. The first kappa shape index (κ1) is 14.7. The minimum absolute atomic E-state index is 0.621. The fraction of sp³-hybridized carbons (Fsp3) is 0.294. The first-order valence-corrected chi connectivity index (χ1v) is 7.15. The Kier molecular flexibility index (Phi) is 4.91. The third kappa shape index (κ3) is 3.67. The largest absolute Gasteiger partial charge is 0.491 e. The van der Waals surface area contributed by atoms with Crippen LogP contribution in [0.4, 0.5) is 5.69 Å². The molecule has 2 nitrogen and oxygen atoms in total. The summed E-state index contributed by atoms with van der Waals surface area (Å²) in [6.45, 7) is 7.64. The van der Waals surface area contributed by atoms with Crippen LogP contribution < -0.4 is 10.1 Å². The molecule has 0 unspecified atom stereocenters. The quantitative estimate of drug-likeness (QED) is 0.802. The number of nitrogens with one attached hydrogen (secondary N) is 1. The fourth-order valence-electron chi connectivity index (χ4n) is 2.06.